The number of nitriles is 1. The molecule has 2 heterocycles. The first-order valence-corrected chi connectivity index (χ1v) is 9.39. The number of nitrogens with zero attached hydrogens (tertiary/aromatic N) is 4. The molecular weight excluding hydrogens is 312 g/mol. The van der Waals surface area contributed by atoms with Crippen molar-refractivity contribution in [2.24, 2.45) is 0 Å². The number of piperazine rings is 1. The van der Waals surface area contributed by atoms with E-state index in [1.54, 1.807) is 0 Å². The summed E-state index contributed by atoms with van der Waals surface area (Å²) in [6, 6.07) is 10.4. The van der Waals surface area contributed by atoms with Gasteiger partial charge in [-0.3, -0.25) is 14.6 Å². The van der Waals surface area contributed by atoms with Crippen LogP contribution in [0, 0.1) is 11.3 Å². The summed E-state index contributed by atoms with van der Waals surface area (Å²) in [7, 11) is 0. The first-order chi connectivity index (χ1) is 12.2. The van der Waals surface area contributed by atoms with Gasteiger partial charge in [0.15, 0.2) is 0 Å². The molecule has 25 heavy (non-hydrogen) atoms. The van der Waals surface area contributed by atoms with E-state index in [1.807, 2.05) is 18.2 Å². The Morgan fingerprint density at radius 1 is 1.16 bits per heavy atom. The second-order valence-electron chi connectivity index (χ2n) is 7.30. The molecule has 2 fully saturated rings. The van der Waals surface area contributed by atoms with Crippen LogP contribution in [0.1, 0.15) is 37.3 Å². The third kappa shape index (κ3) is 4.81. The van der Waals surface area contributed by atoms with Gasteiger partial charge in [-0.15, -0.1) is 0 Å². The predicted molar refractivity (Wildman–Crippen MR) is 97.9 cm³/mol. The lowest BCUT2D eigenvalue weighted by Crippen LogP contribution is -2.51. The Kier molecular flexibility index (Phi) is 6.06. The Morgan fingerprint density at radius 2 is 1.92 bits per heavy atom. The first kappa shape index (κ1) is 17.9. The molecule has 0 N–H and O–H groups in total. The second-order valence-corrected chi connectivity index (χ2v) is 7.30. The van der Waals surface area contributed by atoms with Gasteiger partial charge in [0.1, 0.15) is 0 Å². The summed E-state index contributed by atoms with van der Waals surface area (Å²) in [5.74, 6) is 0.294. The van der Waals surface area contributed by atoms with E-state index in [1.165, 1.54) is 12.0 Å². The lowest BCUT2D eigenvalue weighted by atomic mass is 10.0. The molecule has 1 amide bonds. The zero-order chi connectivity index (χ0) is 17.6. The van der Waals surface area contributed by atoms with E-state index in [0.29, 0.717) is 18.5 Å². The molecule has 2 aliphatic rings. The minimum atomic E-state index is 0.294. The van der Waals surface area contributed by atoms with Crippen LogP contribution < -0.4 is 0 Å². The highest BCUT2D eigenvalue weighted by atomic mass is 16.2. The average molecular weight is 340 g/mol. The fraction of sp³-hybridized carbons (Fsp3) is 0.600. The van der Waals surface area contributed by atoms with Crippen LogP contribution in [0.4, 0.5) is 0 Å². The zero-order valence-electron chi connectivity index (χ0n) is 15.2. The number of carbonyl (C=O) groups is 1. The molecule has 1 unspecified atom stereocenters. The molecule has 134 valence electrons. The Hall–Kier alpha value is -1.90. The Labute approximate surface area is 150 Å². The van der Waals surface area contributed by atoms with Crippen LogP contribution in [0.3, 0.4) is 0 Å². The molecule has 1 aromatic carbocycles. The molecule has 0 aliphatic carbocycles. The van der Waals surface area contributed by atoms with Crippen molar-refractivity contribution < 1.29 is 4.79 Å². The van der Waals surface area contributed by atoms with Gasteiger partial charge in [0.05, 0.1) is 18.2 Å². The summed E-state index contributed by atoms with van der Waals surface area (Å²) in [5.41, 5.74) is 1.91. The summed E-state index contributed by atoms with van der Waals surface area (Å²) in [6.07, 6.45) is 3.53. The fourth-order valence-electron chi connectivity index (χ4n) is 3.85. The standard InChI is InChI=1S/C20H28N4O/c1-17-5-2-3-8-24(17)20(25)16-23-11-9-22(10-12-23)15-19-7-4-6-18(13-19)14-21/h4,6-7,13,17H,2-3,5,8-12,15-16H2,1H3. The maximum Gasteiger partial charge on any atom is 0.236 e. The first-order valence-electron chi connectivity index (χ1n) is 9.39. The summed E-state index contributed by atoms with van der Waals surface area (Å²) < 4.78 is 0. The molecule has 5 nitrogen and oxygen atoms in total. The Morgan fingerprint density at radius 3 is 2.64 bits per heavy atom. The lowest BCUT2D eigenvalue weighted by molar-refractivity contribution is -0.136. The number of piperidine rings is 1. The molecule has 0 spiro atoms. The number of benzene rings is 1. The van der Waals surface area contributed by atoms with Crippen LogP contribution in [-0.4, -0.2) is 65.9 Å². The van der Waals surface area contributed by atoms with Gasteiger partial charge in [-0.1, -0.05) is 12.1 Å². The number of carbonyl (C=O) groups excluding carboxylic acids is 1. The monoisotopic (exact) mass is 340 g/mol. The van der Waals surface area contributed by atoms with Crippen LogP contribution in [0.15, 0.2) is 24.3 Å². The highest BCUT2D eigenvalue weighted by molar-refractivity contribution is 5.78. The van der Waals surface area contributed by atoms with Gasteiger partial charge < -0.3 is 4.90 Å². The molecule has 2 saturated heterocycles. The average Bonchev–Trinajstić information content (AvgIpc) is 2.64. The van der Waals surface area contributed by atoms with Crippen LogP contribution in [0.2, 0.25) is 0 Å². The molecule has 5 heteroatoms. The summed E-state index contributed by atoms with van der Waals surface area (Å²) in [6.45, 7) is 8.35. The minimum Gasteiger partial charge on any atom is -0.339 e. The number of rotatable bonds is 4. The number of hydrogen-bond donors (Lipinski definition) is 0. The predicted octanol–water partition coefficient (Wildman–Crippen LogP) is 2.08. The Bertz CT molecular complexity index is 631. The number of likely N-dealkylation sites (tertiary alicyclic amines) is 1. The van der Waals surface area contributed by atoms with Crippen molar-refractivity contribution in [3.63, 3.8) is 0 Å². The largest absolute Gasteiger partial charge is 0.339 e. The van der Waals surface area contributed by atoms with Crippen molar-refractivity contribution in [3.05, 3.63) is 35.4 Å². The van der Waals surface area contributed by atoms with Crippen molar-refractivity contribution in [2.45, 2.75) is 38.8 Å². The molecule has 1 aromatic rings. The van der Waals surface area contributed by atoms with E-state index < -0.39 is 0 Å². The van der Waals surface area contributed by atoms with Crippen LogP contribution in [-0.2, 0) is 11.3 Å². The summed E-state index contributed by atoms with van der Waals surface area (Å²) in [4.78, 5) is 19.3. The zero-order valence-corrected chi connectivity index (χ0v) is 15.2. The van der Waals surface area contributed by atoms with Crippen LogP contribution >= 0.6 is 0 Å². The van der Waals surface area contributed by atoms with Crippen molar-refractivity contribution in [1.29, 1.82) is 5.26 Å². The molecular formula is C20H28N4O. The highest BCUT2D eigenvalue weighted by Gasteiger charge is 2.26. The van der Waals surface area contributed by atoms with E-state index >= 15 is 0 Å². The van der Waals surface area contributed by atoms with Crippen LogP contribution in [0.25, 0.3) is 0 Å². The van der Waals surface area contributed by atoms with Crippen molar-refractivity contribution in [1.82, 2.24) is 14.7 Å². The van der Waals surface area contributed by atoms with Gasteiger partial charge in [-0.25, -0.2) is 0 Å². The van der Waals surface area contributed by atoms with Gasteiger partial charge in [-0.05, 0) is 43.9 Å². The molecule has 0 bridgehead atoms. The topological polar surface area (TPSA) is 50.6 Å². The van der Waals surface area contributed by atoms with Crippen molar-refractivity contribution in [2.75, 3.05) is 39.3 Å². The summed E-state index contributed by atoms with van der Waals surface area (Å²) in [5, 5.41) is 9.01. The second kappa shape index (κ2) is 8.46. The minimum absolute atomic E-state index is 0.294. The smallest absolute Gasteiger partial charge is 0.236 e. The van der Waals surface area contributed by atoms with E-state index in [0.717, 1.165) is 57.7 Å². The molecule has 2 aliphatic heterocycles. The van der Waals surface area contributed by atoms with Crippen molar-refractivity contribution >= 4 is 5.91 Å². The van der Waals surface area contributed by atoms with Gasteiger partial charge in [0.25, 0.3) is 0 Å². The van der Waals surface area contributed by atoms with Gasteiger partial charge in [0, 0.05) is 45.3 Å². The van der Waals surface area contributed by atoms with E-state index in [-0.39, 0.29) is 0 Å². The van der Waals surface area contributed by atoms with E-state index in [2.05, 4.69) is 33.8 Å². The fourth-order valence-corrected chi connectivity index (χ4v) is 3.85. The summed E-state index contributed by atoms with van der Waals surface area (Å²) >= 11 is 0. The number of hydrogen-bond acceptors (Lipinski definition) is 4. The highest BCUT2D eigenvalue weighted by Crippen LogP contribution is 2.17. The molecule has 0 radical (unpaired) electrons. The molecule has 3 rings (SSSR count). The van der Waals surface area contributed by atoms with Gasteiger partial charge >= 0.3 is 0 Å². The maximum absolute atomic E-state index is 12.6. The third-order valence-corrected chi connectivity index (χ3v) is 5.41. The van der Waals surface area contributed by atoms with Gasteiger partial charge in [0.2, 0.25) is 5.91 Å². The normalized spacial score (nSPS) is 22.6. The van der Waals surface area contributed by atoms with Crippen LogP contribution in [0.5, 0.6) is 0 Å². The Balaban J connectivity index is 1.45. The van der Waals surface area contributed by atoms with Gasteiger partial charge in [-0.2, -0.15) is 5.26 Å². The van der Waals surface area contributed by atoms with Crippen molar-refractivity contribution in [3.8, 4) is 6.07 Å². The number of amides is 1. The lowest BCUT2D eigenvalue weighted by Gasteiger charge is -2.38. The van der Waals surface area contributed by atoms with E-state index in [4.69, 9.17) is 5.26 Å². The molecule has 0 saturated carbocycles. The quantitative estimate of drug-likeness (QED) is 0.842. The molecule has 0 aromatic heterocycles. The van der Waals surface area contributed by atoms with E-state index in [9.17, 15) is 4.79 Å². The SMILES string of the molecule is CC1CCCCN1C(=O)CN1CCN(Cc2cccc(C#N)c2)CC1. The molecule has 1 atom stereocenters. The third-order valence-electron chi connectivity index (χ3n) is 5.41. The maximum atomic E-state index is 12.6.